The third-order valence-corrected chi connectivity index (χ3v) is 3.81. The molecule has 3 rings (SSSR count). The number of piperidine rings is 1. The van der Waals surface area contributed by atoms with Crippen molar-refractivity contribution in [2.45, 2.75) is 38.3 Å². The number of aryl methyl sites for hydroxylation is 1. The van der Waals surface area contributed by atoms with E-state index < -0.39 is 0 Å². The Morgan fingerprint density at radius 2 is 2.20 bits per heavy atom. The van der Waals surface area contributed by atoms with E-state index in [1.807, 2.05) is 0 Å². The molecule has 0 aromatic heterocycles. The Morgan fingerprint density at radius 1 is 1.33 bits per heavy atom. The molecule has 2 unspecified atom stereocenters. The molecule has 2 aliphatic rings. The average molecular weight is 202 g/mol. The van der Waals surface area contributed by atoms with Gasteiger partial charge in [0.25, 0.3) is 0 Å². The first-order chi connectivity index (χ1) is 7.25. The molecule has 2 heteroatoms. The van der Waals surface area contributed by atoms with Gasteiger partial charge in [0, 0.05) is 24.3 Å². The van der Waals surface area contributed by atoms with E-state index in [1.165, 1.54) is 36.1 Å². The number of rotatable bonds is 0. The number of para-hydroxylation sites is 1. The molecule has 1 aromatic carbocycles. The van der Waals surface area contributed by atoms with Crippen molar-refractivity contribution in [1.29, 1.82) is 0 Å². The average Bonchev–Trinajstić information content (AvgIpc) is 2.57. The molecule has 1 saturated heterocycles. The van der Waals surface area contributed by atoms with Crippen molar-refractivity contribution in [3.63, 3.8) is 0 Å². The van der Waals surface area contributed by atoms with Crippen LogP contribution in [-0.2, 0) is 6.42 Å². The predicted molar refractivity (Wildman–Crippen MR) is 63.2 cm³/mol. The van der Waals surface area contributed by atoms with Gasteiger partial charge in [-0.3, -0.25) is 0 Å². The second-order valence-corrected chi connectivity index (χ2v) is 4.93. The lowest BCUT2D eigenvalue weighted by Gasteiger charge is -2.36. The Hall–Kier alpha value is -1.02. The van der Waals surface area contributed by atoms with Gasteiger partial charge in [0.05, 0.1) is 0 Å². The first-order valence-corrected chi connectivity index (χ1v) is 5.86. The highest BCUT2D eigenvalue weighted by atomic mass is 15.2. The van der Waals surface area contributed by atoms with E-state index in [4.69, 9.17) is 5.73 Å². The van der Waals surface area contributed by atoms with Crippen molar-refractivity contribution in [3.8, 4) is 0 Å². The van der Waals surface area contributed by atoms with Gasteiger partial charge in [-0.1, -0.05) is 18.2 Å². The summed E-state index contributed by atoms with van der Waals surface area (Å²) in [5.74, 6) is 0. The smallest absolute Gasteiger partial charge is 0.0432 e. The van der Waals surface area contributed by atoms with Gasteiger partial charge in [0.15, 0.2) is 0 Å². The van der Waals surface area contributed by atoms with Crippen LogP contribution in [0.15, 0.2) is 18.2 Å². The van der Waals surface area contributed by atoms with E-state index in [0.29, 0.717) is 6.04 Å². The highest BCUT2D eigenvalue weighted by molar-refractivity contribution is 5.64. The molecule has 2 atom stereocenters. The molecule has 0 saturated carbocycles. The van der Waals surface area contributed by atoms with Gasteiger partial charge in [-0.05, 0) is 37.3 Å². The fourth-order valence-corrected chi connectivity index (χ4v) is 3.09. The summed E-state index contributed by atoms with van der Waals surface area (Å²) < 4.78 is 0. The number of fused-ring (bicyclic) bond motifs is 3. The Labute approximate surface area is 91.1 Å². The lowest BCUT2D eigenvalue weighted by atomic mass is 9.99. The van der Waals surface area contributed by atoms with E-state index in [1.54, 1.807) is 0 Å². The van der Waals surface area contributed by atoms with Crippen molar-refractivity contribution in [2.75, 3.05) is 11.4 Å². The van der Waals surface area contributed by atoms with Crippen LogP contribution in [0.25, 0.3) is 0 Å². The third-order valence-electron chi connectivity index (χ3n) is 3.81. The van der Waals surface area contributed by atoms with Gasteiger partial charge >= 0.3 is 0 Å². The molecule has 0 spiro atoms. The second kappa shape index (κ2) is 3.24. The van der Waals surface area contributed by atoms with Crippen molar-refractivity contribution in [1.82, 2.24) is 0 Å². The van der Waals surface area contributed by atoms with Crippen LogP contribution >= 0.6 is 0 Å². The molecule has 1 fully saturated rings. The fraction of sp³-hybridized carbons (Fsp3) is 0.538. The molecule has 15 heavy (non-hydrogen) atoms. The summed E-state index contributed by atoms with van der Waals surface area (Å²) >= 11 is 0. The zero-order valence-electron chi connectivity index (χ0n) is 9.24. The van der Waals surface area contributed by atoms with Crippen LogP contribution in [0.4, 0.5) is 5.69 Å². The molecule has 0 radical (unpaired) electrons. The molecule has 0 amide bonds. The monoisotopic (exact) mass is 202 g/mol. The standard InChI is InChI=1S/C13H18N2/c1-9-3-2-4-10-7-12-6-5-11(14)8-15(12)13(9)10/h2-4,11-12H,5-8,14H2,1H3. The van der Waals surface area contributed by atoms with Crippen LogP contribution in [0.3, 0.4) is 0 Å². The van der Waals surface area contributed by atoms with Crippen molar-refractivity contribution < 1.29 is 0 Å². The van der Waals surface area contributed by atoms with Gasteiger partial charge < -0.3 is 10.6 Å². The molecule has 0 bridgehead atoms. The summed E-state index contributed by atoms with van der Waals surface area (Å²) in [5, 5.41) is 0. The van der Waals surface area contributed by atoms with E-state index in [0.717, 1.165) is 12.6 Å². The quantitative estimate of drug-likeness (QED) is 0.695. The minimum Gasteiger partial charge on any atom is -0.366 e. The molecule has 1 aromatic rings. The SMILES string of the molecule is Cc1cccc2c1N1CC(N)CCC1C2. The fourth-order valence-electron chi connectivity index (χ4n) is 3.09. The van der Waals surface area contributed by atoms with Gasteiger partial charge in [0.1, 0.15) is 0 Å². The maximum atomic E-state index is 6.06. The lowest BCUT2D eigenvalue weighted by Crippen LogP contribution is -2.47. The van der Waals surface area contributed by atoms with Crippen LogP contribution < -0.4 is 10.6 Å². The van der Waals surface area contributed by atoms with Crippen molar-refractivity contribution in [3.05, 3.63) is 29.3 Å². The van der Waals surface area contributed by atoms with E-state index in [2.05, 4.69) is 30.0 Å². The maximum absolute atomic E-state index is 6.06. The number of nitrogens with zero attached hydrogens (tertiary/aromatic N) is 1. The largest absolute Gasteiger partial charge is 0.366 e. The van der Waals surface area contributed by atoms with E-state index >= 15 is 0 Å². The number of hydrogen-bond donors (Lipinski definition) is 1. The van der Waals surface area contributed by atoms with Gasteiger partial charge in [0.2, 0.25) is 0 Å². The third kappa shape index (κ3) is 1.36. The molecule has 2 heterocycles. The van der Waals surface area contributed by atoms with E-state index in [-0.39, 0.29) is 0 Å². The molecule has 0 aliphatic carbocycles. The summed E-state index contributed by atoms with van der Waals surface area (Å²) in [6.07, 6.45) is 3.67. The number of hydrogen-bond acceptors (Lipinski definition) is 2. The Morgan fingerprint density at radius 3 is 3.07 bits per heavy atom. The van der Waals surface area contributed by atoms with Gasteiger partial charge in [-0.15, -0.1) is 0 Å². The molecule has 2 aliphatic heterocycles. The molecule has 2 N–H and O–H groups in total. The maximum Gasteiger partial charge on any atom is 0.0432 e. The molecule has 80 valence electrons. The predicted octanol–water partition coefficient (Wildman–Crippen LogP) is 1.85. The summed E-state index contributed by atoms with van der Waals surface area (Å²) in [6, 6.07) is 7.74. The number of nitrogens with two attached hydrogens (primary N) is 1. The minimum atomic E-state index is 0.367. The Bertz CT molecular complexity index is 386. The van der Waals surface area contributed by atoms with Crippen LogP contribution in [0.1, 0.15) is 24.0 Å². The molecular weight excluding hydrogens is 184 g/mol. The molecular formula is C13H18N2. The number of anilines is 1. The summed E-state index contributed by atoms with van der Waals surface area (Å²) in [4.78, 5) is 2.54. The van der Waals surface area contributed by atoms with Gasteiger partial charge in [-0.2, -0.15) is 0 Å². The van der Waals surface area contributed by atoms with Crippen LogP contribution in [-0.4, -0.2) is 18.6 Å². The first kappa shape index (κ1) is 9.22. The first-order valence-electron chi connectivity index (χ1n) is 5.86. The lowest BCUT2D eigenvalue weighted by molar-refractivity contribution is 0.432. The summed E-state index contributed by atoms with van der Waals surface area (Å²) in [5.41, 5.74) is 10.5. The number of benzene rings is 1. The Kier molecular flexibility index (Phi) is 1.99. The summed E-state index contributed by atoms with van der Waals surface area (Å²) in [6.45, 7) is 3.25. The zero-order chi connectivity index (χ0) is 10.4. The van der Waals surface area contributed by atoms with Gasteiger partial charge in [-0.25, -0.2) is 0 Å². The minimum absolute atomic E-state index is 0.367. The second-order valence-electron chi connectivity index (χ2n) is 4.93. The normalized spacial score (nSPS) is 28.8. The van der Waals surface area contributed by atoms with Crippen LogP contribution in [0, 0.1) is 6.92 Å². The Balaban J connectivity index is 2.02. The zero-order valence-corrected chi connectivity index (χ0v) is 9.24. The summed E-state index contributed by atoms with van der Waals surface area (Å²) in [7, 11) is 0. The van der Waals surface area contributed by atoms with Crippen LogP contribution in [0.5, 0.6) is 0 Å². The topological polar surface area (TPSA) is 29.3 Å². The van der Waals surface area contributed by atoms with E-state index in [9.17, 15) is 0 Å². The highest BCUT2D eigenvalue weighted by Gasteiger charge is 2.34. The van der Waals surface area contributed by atoms with Crippen molar-refractivity contribution in [2.24, 2.45) is 5.73 Å². The van der Waals surface area contributed by atoms with Crippen LogP contribution in [0.2, 0.25) is 0 Å². The highest BCUT2D eigenvalue weighted by Crippen LogP contribution is 2.38. The molecule has 2 nitrogen and oxygen atoms in total. The van der Waals surface area contributed by atoms with Crippen molar-refractivity contribution >= 4 is 5.69 Å².